The highest BCUT2D eigenvalue weighted by atomic mass is 79.9. The first-order chi connectivity index (χ1) is 9.20. The number of nitrogens with two attached hydrogens (primary N) is 1. The molecular formula is C15H17BrN2S. The van der Waals surface area contributed by atoms with Crippen LogP contribution in [0, 0.1) is 0 Å². The van der Waals surface area contributed by atoms with Crippen LogP contribution in [-0.2, 0) is 13.1 Å². The van der Waals surface area contributed by atoms with E-state index in [0.29, 0.717) is 0 Å². The normalized spacial score (nSPS) is 15.1. The number of hydrogen-bond donors (Lipinski definition) is 1. The van der Waals surface area contributed by atoms with Crippen LogP contribution in [0.15, 0.2) is 40.2 Å². The third-order valence-electron chi connectivity index (χ3n) is 3.39. The Balaban J connectivity index is 1.71. The molecule has 2 aromatic rings. The number of anilines is 1. The zero-order valence-corrected chi connectivity index (χ0v) is 13.1. The number of nitrogen functional groups attached to an aromatic ring is 1. The van der Waals surface area contributed by atoms with Gasteiger partial charge in [-0.1, -0.05) is 12.1 Å². The monoisotopic (exact) mass is 336 g/mol. The Morgan fingerprint density at radius 3 is 2.68 bits per heavy atom. The third-order valence-corrected chi connectivity index (χ3v) is 5.00. The summed E-state index contributed by atoms with van der Waals surface area (Å²) in [6.45, 7) is 2.03. The van der Waals surface area contributed by atoms with Crippen molar-refractivity contribution in [1.29, 1.82) is 0 Å². The first kappa shape index (κ1) is 13.2. The van der Waals surface area contributed by atoms with Gasteiger partial charge in [-0.3, -0.25) is 4.90 Å². The maximum absolute atomic E-state index is 5.86. The molecule has 2 N–H and O–H groups in total. The van der Waals surface area contributed by atoms with Gasteiger partial charge >= 0.3 is 0 Å². The Kier molecular flexibility index (Phi) is 3.91. The number of nitrogens with zero attached hydrogens (tertiary/aromatic N) is 1. The molecule has 19 heavy (non-hydrogen) atoms. The van der Waals surface area contributed by atoms with Gasteiger partial charge in [-0.15, -0.1) is 11.3 Å². The summed E-state index contributed by atoms with van der Waals surface area (Å²) in [5.74, 6) is 0. The van der Waals surface area contributed by atoms with Gasteiger partial charge in [-0.25, -0.2) is 0 Å². The van der Waals surface area contributed by atoms with Gasteiger partial charge < -0.3 is 5.73 Å². The largest absolute Gasteiger partial charge is 0.399 e. The zero-order chi connectivity index (χ0) is 13.2. The quantitative estimate of drug-likeness (QED) is 0.826. The molecule has 1 aliphatic carbocycles. The summed E-state index contributed by atoms with van der Waals surface area (Å²) in [4.78, 5) is 3.98. The van der Waals surface area contributed by atoms with Crippen LogP contribution in [0.3, 0.4) is 0 Å². The van der Waals surface area contributed by atoms with Crippen molar-refractivity contribution in [3.8, 4) is 0 Å². The van der Waals surface area contributed by atoms with Gasteiger partial charge in [0, 0.05) is 29.7 Å². The fraction of sp³-hybridized carbons (Fsp3) is 0.333. The van der Waals surface area contributed by atoms with Gasteiger partial charge in [0.2, 0.25) is 0 Å². The van der Waals surface area contributed by atoms with Crippen molar-refractivity contribution < 1.29 is 0 Å². The summed E-state index contributed by atoms with van der Waals surface area (Å²) < 4.78 is 1.21. The highest BCUT2D eigenvalue weighted by Crippen LogP contribution is 2.32. The molecule has 4 heteroatoms. The molecule has 0 unspecified atom stereocenters. The molecule has 3 rings (SSSR count). The van der Waals surface area contributed by atoms with Gasteiger partial charge in [0.05, 0.1) is 3.79 Å². The number of thiophene rings is 1. The third kappa shape index (κ3) is 3.59. The second kappa shape index (κ2) is 5.65. The smallest absolute Gasteiger partial charge is 0.0701 e. The van der Waals surface area contributed by atoms with Crippen LogP contribution in [0.25, 0.3) is 0 Å². The van der Waals surface area contributed by atoms with E-state index in [1.165, 1.54) is 27.1 Å². The fourth-order valence-electron chi connectivity index (χ4n) is 2.32. The molecule has 1 fully saturated rings. The highest BCUT2D eigenvalue weighted by Gasteiger charge is 2.29. The lowest BCUT2D eigenvalue weighted by molar-refractivity contribution is 0.248. The van der Waals surface area contributed by atoms with Gasteiger partial charge in [-0.2, -0.15) is 0 Å². The van der Waals surface area contributed by atoms with E-state index < -0.39 is 0 Å². The molecule has 2 nitrogen and oxygen atoms in total. The lowest BCUT2D eigenvalue weighted by atomic mass is 10.2. The molecule has 1 aromatic heterocycles. The molecule has 0 saturated heterocycles. The fourth-order valence-corrected chi connectivity index (χ4v) is 3.83. The van der Waals surface area contributed by atoms with Crippen LogP contribution in [0.1, 0.15) is 23.3 Å². The van der Waals surface area contributed by atoms with Crippen molar-refractivity contribution in [2.24, 2.45) is 0 Å². The minimum absolute atomic E-state index is 0.752. The molecule has 0 atom stereocenters. The molecule has 1 aromatic carbocycles. The summed E-state index contributed by atoms with van der Waals surface area (Å²) in [5.41, 5.74) is 8.02. The molecule has 0 amide bonds. The summed E-state index contributed by atoms with van der Waals surface area (Å²) in [7, 11) is 0. The highest BCUT2D eigenvalue weighted by molar-refractivity contribution is 9.11. The van der Waals surface area contributed by atoms with E-state index in [1.54, 1.807) is 0 Å². The average Bonchev–Trinajstić information content (AvgIpc) is 3.13. The molecule has 1 heterocycles. The van der Waals surface area contributed by atoms with E-state index in [-0.39, 0.29) is 0 Å². The number of benzene rings is 1. The van der Waals surface area contributed by atoms with E-state index in [2.05, 4.69) is 45.1 Å². The molecule has 100 valence electrons. The van der Waals surface area contributed by atoms with Crippen LogP contribution < -0.4 is 5.73 Å². The molecule has 0 spiro atoms. The molecule has 0 aliphatic heterocycles. The SMILES string of the molecule is Nc1cccc(CN(Cc2ccc(Br)s2)C2CC2)c1. The van der Waals surface area contributed by atoms with Crippen molar-refractivity contribution in [1.82, 2.24) is 4.90 Å². The topological polar surface area (TPSA) is 29.3 Å². The van der Waals surface area contributed by atoms with Crippen molar-refractivity contribution in [3.05, 3.63) is 50.6 Å². The molecule has 1 aliphatic rings. The Morgan fingerprint density at radius 1 is 1.21 bits per heavy atom. The maximum atomic E-state index is 5.86. The minimum atomic E-state index is 0.752. The molecular weight excluding hydrogens is 320 g/mol. The number of rotatable bonds is 5. The van der Waals surface area contributed by atoms with Crippen LogP contribution in [0.4, 0.5) is 5.69 Å². The zero-order valence-electron chi connectivity index (χ0n) is 10.7. The summed E-state index contributed by atoms with van der Waals surface area (Å²) in [6.07, 6.45) is 2.66. The van der Waals surface area contributed by atoms with E-state index in [4.69, 9.17) is 5.73 Å². The van der Waals surface area contributed by atoms with Crippen LogP contribution in [0.2, 0.25) is 0 Å². The Labute approximate surface area is 126 Å². The lowest BCUT2D eigenvalue weighted by Gasteiger charge is -2.21. The first-order valence-corrected chi connectivity index (χ1v) is 8.14. The van der Waals surface area contributed by atoms with Gasteiger partial charge in [-0.05, 0) is 58.6 Å². The summed E-state index contributed by atoms with van der Waals surface area (Å²) in [5, 5.41) is 0. The predicted molar refractivity (Wildman–Crippen MR) is 85.1 cm³/mol. The van der Waals surface area contributed by atoms with Gasteiger partial charge in [0.1, 0.15) is 0 Å². The molecule has 0 bridgehead atoms. The minimum Gasteiger partial charge on any atom is -0.399 e. The van der Waals surface area contributed by atoms with Gasteiger partial charge in [0.15, 0.2) is 0 Å². The van der Waals surface area contributed by atoms with Crippen LogP contribution in [-0.4, -0.2) is 10.9 Å². The number of halogens is 1. The molecule has 1 saturated carbocycles. The second-order valence-electron chi connectivity index (χ2n) is 5.09. The van der Waals surface area contributed by atoms with E-state index in [9.17, 15) is 0 Å². The van der Waals surface area contributed by atoms with E-state index in [0.717, 1.165) is 24.8 Å². The van der Waals surface area contributed by atoms with Gasteiger partial charge in [0.25, 0.3) is 0 Å². The summed E-state index contributed by atoms with van der Waals surface area (Å²) in [6, 6.07) is 13.3. The van der Waals surface area contributed by atoms with E-state index >= 15 is 0 Å². The van der Waals surface area contributed by atoms with Crippen molar-refractivity contribution in [2.45, 2.75) is 32.0 Å². The Bertz CT molecular complexity index is 563. The average molecular weight is 337 g/mol. The first-order valence-electron chi connectivity index (χ1n) is 6.53. The number of hydrogen-bond acceptors (Lipinski definition) is 3. The second-order valence-corrected chi connectivity index (χ2v) is 7.63. The van der Waals surface area contributed by atoms with Crippen molar-refractivity contribution in [2.75, 3.05) is 5.73 Å². The van der Waals surface area contributed by atoms with Crippen LogP contribution in [0.5, 0.6) is 0 Å². The van der Waals surface area contributed by atoms with E-state index in [1.807, 2.05) is 23.5 Å². The van der Waals surface area contributed by atoms with Crippen molar-refractivity contribution in [3.63, 3.8) is 0 Å². The summed E-state index contributed by atoms with van der Waals surface area (Å²) >= 11 is 5.36. The Hall–Kier alpha value is -0.840. The standard InChI is InChI=1S/C15H17BrN2S/c16-15-7-6-14(19-15)10-18(13-4-5-13)9-11-2-1-3-12(17)8-11/h1-3,6-8,13H,4-5,9-10,17H2. The van der Waals surface area contributed by atoms with Crippen molar-refractivity contribution >= 4 is 33.0 Å². The molecule has 0 radical (unpaired) electrons. The lowest BCUT2D eigenvalue weighted by Crippen LogP contribution is -2.24. The van der Waals surface area contributed by atoms with Crippen LogP contribution >= 0.6 is 27.3 Å². The maximum Gasteiger partial charge on any atom is 0.0701 e. The predicted octanol–water partition coefficient (Wildman–Crippen LogP) is 4.26. The Morgan fingerprint density at radius 2 is 2.05 bits per heavy atom.